The molecule has 5 nitrogen and oxygen atoms in total. The Morgan fingerprint density at radius 1 is 0.920 bits per heavy atom. The molecule has 0 heterocycles. The third-order valence-corrected chi connectivity index (χ3v) is 22.6. The maximum absolute atomic E-state index is 11.3. The fourth-order valence-electron chi connectivity index (χ4n) is 2.27. The van der Waals surface area contributed by atoms with E-state index in [1.165, 1.54) is 6.08 Å². The van der Waals surface area contributed by atoms with Crippen LogP contribution in [0.3, 0.4) is 0 Å². The Labute approximate surface area is 160 Å². The molecule has 0 aliphatic heterocycles. The van der Waals surface area contributed by atoms with Crippen LogP contribution in [0.5, 0.6) is 0 Å². The van der Waals surface area contributed by atoms with E-state index in [4.69, 9.17) is 17.1 Å². The molecule has 0 atom stereocenters. The first-order chi connectivity index (χ1) is 11.1. The van der Waals surface area contributed by atoms with Gasteiger partial charge in [0.05, 0.1) is 6.61 Å². The third kappa shape index (κ3) is 14.0. The number of ether oxygens (including phenoxy) is 1. The Morgan fingerprint density at radius 3 is 1.76 bits per heavy atom. The van der Waals surface area contributed by atoms with E-state index in [9.17, 15) is 4.79 Å². The quantitative estimate of drug-likeness (QED) is 0.201. The van der Waals surface area contributed by atoms with E-state index in [1.807, 2.05) is 0 Å². The monoisotopic (exact) mass is 438 g/mol. The molecular formula is C15H38O5Si5. The maximum atomic E-state index is 11.3. The van der Waals surface area contributed by atoms with Gasteiger partial charge in [0.2, 0.25) is 0 Å². The molecule has 0 aromatic heterocycles. The van der Waals surface area contributed by atoms with Crippen molar-refractivity contribution in [3.8, 4) is 0 Å². The molecule has 0 aromatic rings. The van der Waals surface area contributed by atoms with Gasteiger partial charge in [-0.15, -0.1) is 0 Å². The summed E-state index contributed by atoms with van der Waals surface area (Å²) in [6.07, 6.45) is 1.95. The lowest BCUT2D eigenvalue weighted by Crippen LogP contribution is -2.61. The molecular weight excluding hydrogens is 401 g/mol. The highest BCUT2D eigenvalue weighted by Crippen LogP contribution is 2.26. The third-order valence-electron chi connectivity index (χ3n) is 2.82. The van der Waals surface area contributed by atoms with Crippen LogP contribution >= 0.6 is 0 Å². The number of hydrogen-bond acceptors (Lipinski definition) is 5. The van der Waals surface area contributed by atoms with Crippen molar-refractivity contribution in [3.63, 3.8) is 0 Å². The van der Waals surface area contributed by atoms with Gasteiger partial charge in [0.1, 0.15) is 0 Å². The molecule has 10 heteroatoms. The fourth-order valence-corrected chi connectivity index (χ4v) is 32.4. The minimum Gasteiger partial charge on any atom is -0.463 e. The Morgan fingerprint density at radius 2 is 1.40 bits per heavy atom. The zero-order valence-electron chi connectivity index (χ0n) is 17.7. The first kappa shape index (κ1) is 25.2. The van der Waals surface area contributed by atoms with Crippen molar-refractivity contribution >= 4 is 48.3 Å². The van der Waals surface area contributed by atoms with Gasteiger partial charge in [0, 0.05) is 6.08 Å². The summed E-state index contributed by atoms with van der Waals surface area (Å²) in [5.74, 6) is -0.375. The minimum absolute atomic E-state index is 0.375. The molecule has 0 aliphatic rings. The van der Waals surface area contributed by atoms with E-state index < -0.39 is 42.3 Å². The number of carbonyl (C=O) groups is 1. The average Bonchev–Trinajstić information content (AvgIpc) is 2.36. The molecule has 0 aromatic carbocycles. The van der Waals surface area contributed by atoms with Crippen LogP contribution in [0.4, 0.5) is 0 Å². The van der Waals surface area contributed by atoms with Crippen LogP contribution in [0.25, 0.3) is 0 Å². The SMILES string of the molecule is C=CC(=O)OCCC[Si](O[Si](C)(C)C)(O[Si](C)(C)C)[SiH2]O[Si](C)(C)C. The smallest absolute Gasteiger partial charge is 0.330 e. The molecule has 0 rings (SSSR count). The lowest BCUT2D eigenvalue weighted by Gasteiger charge is -2.41. The van der Waals surface area contributed by atoms with E-state index >= 15 is 0 Å². The zero-order chi connectivity index (χ0) is 19.9. The van der Waals surface area contributed by atoms with Crippen LogP contribution in [-0.4, -0.2) is 54.9 Å². The summed E-state index contributed by atoms with van der Waals surface area (Å²) >= 11 is 0. The van der Waals surface area contributed by atoms with Crippen LogP contribution in [0, 0.1) is 0 Å². The van der Waals surface area contributed by atoms with Crippen LogP contribution in [0.15, 0.2) is 12.7 Å². The molecule has 148 valence electrons. The van der Waals surface area contributed by atoms with E-state index in [2.05, 4.69) is 65.5 Å². The van der Waals surface area contributed by atoms with Crippen LogP contribution < -0.4 is 0 Å². The van der Waals surface area contributed by atoms with E-state index in [0.717, 1.165) is 12.5 Å². The van der Waals surface area contributed by atoms with E-state index in [-0.39, 0.29) is 5.97 Å². The lowest BCUT2D eigenvalue weighted by molar-refractivity contribution is -0.137. The van der Waals surface area contributed by atoms with Gasteiger partial charge < -0.3 is 17.1 Å². The van der Waals surface area contributed by atoms with Gasteiger partial charge in [0.15, 0.2) is 34.2 Å². The maximum Gasteiger partial charge on any atom is 0.330 e. The molecule has 0 N–H and O–H groups in total. The summed E-state index contributed by atoms with van der Waals surface area (Å²) in [5.41, 5.74) is 0. The minimum atomic E-state index is -2.40. The summed E-state index contributed by atoms with van der Waals surface area (Å²) in [5, 5.41) is 0. The van der Waals surface area contributed by atoms with Crippen molar-refractivity contribution < 1.29 is 21.9 Å². The Bertz CT molecular complexity index is 421. The number of hydrogen-bond donors (Lipinski definition) is 0. The Balaban J connectivity index is 5.28. The van der Waals surface area contributed by atoms with Gasteiger partial charge in [-0.25, -0.2) is 4.79 Å². The number of carbonyl (C=O) groups excluding carboxylic acids is 1. The van der Waals surface area contributed by atoms with Gasteiger partial charge in [0.25, 0.3) is 0 Å². The second kappa shape index (κ2) is 9.92. The molecule has 0 aliphatic carbocycles. The van der Waals surface area contributed by atoms with Crippen LogP contribution in [0.2, 0.25) is 65.0 Å². The van der Waals surface area contributed by atoms with Gasteiger partial charge in [-0.3, -0.25) is 0 Å². The van der Waals surface area contributed by atoms with E-state index in [1.54, 1.807) is 0 Å². The van der Waals surface area contributed by atoms with Crippen molar-refractivity contribution in [2.75, 3.05) is 6.61 Å². The van der Waals surface area contributed by atoms with Crippen molar-refractivity contribution in [3.05, 3.63) is 12.7 Å². The molecule has 0 saturated heterocycles. The van der Waals surface area contributed by atoms with Gasteiger partial charge in [-0.05, 0) is 71.4 Å². The Hall–Kier alpha value is 0.174. The molecule has 0 fully saturated rings. The van der Waals surface area contributed by atoms with Gasteiger partial charge >= 0.3 is 14.0 Å². The molecule has 0 amide bonds. The second-order valence-corrected chi connectivity index (χ2v) is 31.4. The molecule has 0 radical (unpaired) electrons. The molecule has 0 unspecified atom stereocenters. The molecule has 0 spiro atoms. The van der Waals surface area contributed by atoms with Crippen LogP contribution in [0.1, 0.15) is 6.42 Å². The van der Waals surface area contributed by atoms with Crippen molar-refractivity contribution in [2.45, 2.75) is 71.4 Å². The van der Waals surface area contributed by atoms with Crippen molar-refractivity contribution in [1.82, 2.24) is 0 Å². The highest BCUT2D eigenvalue weighted by atomic mass is 29.2. The first-order valence-corrected chi connectivity index (χ1v) is 24.1. The number of esters is 1. The van der Waals surface area contributed by atoms with Gasteiger partial charge in [-0.2, -0.15) is 0 Å². The Kier molecular flexibility index (Phi) is 9.99. The normalized spacial score (nSPS) is 14.1. The summed E-state index contributed by atoms with van der Waals surface area (Å²) in [6, 6.07) is 0.836. The number of rotatable bonds is 12. The summed E-state index contributed by atoms with van der Waals surface area (Å²) < 4.78 is 25.0. The zero-order valence-corrected chi connectivity index (χ0v) is 23.1. The molecule has 25 heavy (non-hydrogen) atoms. The molecule has 0 saturated carbocycles. The summed E-state index contributed by atoms with van der Waals surface area (Å²) in [6.45, 7) is 23.7. The summed E-state index contributed by atoms with van der Waals surface area (Å²) in [4.78, 5) is 11.3. The lowest BCUT2D eigenvalue weighted by atomic mass is 10.5. The topological polar surface area (TPSA) is 54.0 Å². The van der Waals surface area contributed by atoms with Crippen LogP contribution in [-0.2, 0) is 21.9 Å². The van der Waals surface area contributed by atoms with Gasteiger partial charge in [-0.1, -0.05) is 6.58 Å². The summed E-state index contributed by atoms with van der Waals surface area (Å²) in [7, 11) is -8.50. The second-order valence-electron chi connectivity index (χ2n) is 9.22. The first-order valence-electron chi connectivity index (χ1n) is 8.91. The highest BCUT2D eigenvalue weighted by molar-refractivity contribution is 7.21. The largest absolute Gasteiger partial charge is 0.463 e. The molecule has 0 bridgehead atoms. The standard InChI is InChI=1S/C15H38O5Si5/c1-11-15(16)17-13-12-14-25(19-23(5,6)7,20-24(8,9)10)21-18-22(2,3)4/h11H,1,12-14,21H2,2-10H3. The van der Waals surface area contributed by atoms with Crippen molar-refractivity contribution in [2.24, 2.45) is 0 Å². The van der Waals surface area contributed by atoms with E-state index in [0.29, 0.717) is 6.61 Å². The van der Waals surface area contributed by atoms with Crippen molar-refractivity contribution in [1.29, 1.82) is 0 Å². The average molecular weight is 439 g/mol. The predicted octanol–water partition coefficient (Wildman–Crippen LogP) is 3.68. The predicted molar refractivity (Wildman–Crippen MR) is 118 cm³/mol. The highest BCUT2D eigenvalue weighted by Gasteiger charge is 2.45. The fraction of sp³-hybridized carbons (Fsp3) is 0.800.